The number of carbonyl (C=O) groups is 1. The Morgan fingerprint density at radius 1 is 1.13 bits per heavy atom. The van der Waals surface area contributed by atoms with E-state index in [1.54, 1.807) is 0 Å². The van der Waals surface area contributed by atoms with Gasteiger partial charge in [0, 0.05) is 6.61 Å². The molecule has 0 radical (unpaired) electrons. The second-order valence-electron chi connectivity index (χ2n) is 10.2. The van der Waals surface area contributed by atoms with Crippen LogP contribution < -0.4 is 0 Å². The monoisotopic (exact) mass is 338 g/mol. The van der Waals surface area contributed by atoms with Gasteiger partial charge >= 0.3 is 5.97 Å². The molecule has 0 spiro atoms. The lowest BCUT2D eigenvalue weighted by Gasteiger charge is -2.58. The molecule has 0 aromatic heterocycles. The van der Waals surface area contributed by atoms with E-state index in [4.69, 9.17) is 4.43 Å². The molecule has 1 atom stereocenters. The average molecular weight is 339 g/mol. The van der Waals surface area contributed by atoms with Crippen LogP contribution in [0.15, 0.2) is 0 Å². The molecular weight excluding hydrogens is 304 g/mol. The second kappa shape index (κ2) is 5.59. The average Bonchev–Trinajstić information content (AvgIpc) is 2.34. The van der Waals surface area contributed by atoms with Gasteiger partial charge in [-0.05, 0) is 79.8 Å². The van der Waals surface area contributed by atoms with Crippen molar-refractivity contribution < 1.29 is 14.3 Å². The molecule has 0 heterocycles. The number of carboxylic acid groups (broad SMARTS) is 1. The summed E-state index contributed by atoms with van der Waals surface area (Å²) < 4.78 is 6.36. The zero-order valence-corrected chi connectivity index (χ0v) is 16.5. The van der Waals surface area contributed by atoms with Crippen LogP contribution in [-0.2, 0) is 9.22 Å². The summed E-state index contributed by atoms with van der Waals surface area (Å²) in [5, 5.41) is 10.1. The molecule has 23 heavy (non-hydrogen) atoms. The van der Waals surface area contributed by atoms with E-state index in [0.29, 0.717) is 6.61 Å². The van der Waals surface area contributed by atoms with Gasteiger partial charge in [-0.3, -0.25) is 4.79 Å². The minimum atomic E-state index is -1.89. The summed E-state index contributed by atoms with van der Waals surface area (Å²) in [6, 6.07) is 0. The zero-order chi connectivity index (χ0) is 17.0. The van der Waals surface area contributed by atoms with Crippen LogP contribution in [0.1, 0.15) is 59.3 Å². The quantitative estimate of drug-likeness (QED) is 0.723. The molecule has 4 fully saturated rings. The van der Waals surface area contributed by atoms with E-state index < -0.39 is 14.3 Å². The standard InChI is InChI=1S/C19H34O3Si/c1-18(2,3)23(4,5)22-12-16(17(20)21)19-9-13-6-14(10-19)8-15(7-13)11-19/h13-16H,6-12H2,1-5H3,(H,20,21). The van der Waals surface area contributed by atoms with Crippen molar-refractivity contribution in [1.29, 1.82) is 0 Å². The first-order valence-electron chi connectivity index (χ1n) is 9.39. The van der Waals surface area contributed by atoms with E-state index in [1.165, 1.54) is 19.3 Å². The van der Waals surface area contributed by atoms with Crippen molar-refractivity contribution in [1.82, 2.24) is 0 Å². The lowest BCUT2D eigenvalue weighted by molar-refractivity contribution is -0.160. The van der Waals surface area contributed by atoms with Gasteiger partial charge in [0.05, 0.1) is 5.92 Å². The fourth-order valence-electron chi connectivity index (χ4n) is 5.62. The van der Waals surface area contributed by atoms with Crippen molar-refractivity contribution in [2.45, 2.75) is 77.4 Å². The molecule has 4 bridgehead atoms. The molecule has 0 saturated heterocycles. The SMILES string of the molecule is CC(C)(C)[Si](C)(C)OCC(C(=O)O)C12CC3CC(CC(C3)C1)C2. The molecule has 4 heteroatoms. The summed E-state index contributed by atoms with van der Waals surface area (Å²) in [7, 11) is -1.89. The van der Waals surface area contributed by atoms with Crippen LogP contribution in [0.3, 0.4) is 0 Å². The summed E-state index contributed by atoms with van der Waals surface area (Å²) in [6.07, 6.45) is 7.47. The number of aliphatic carboxylic acids is 1. The first-order valence-corrected chi connectivity index (χ1v) is 12.3. The summed E-state index contributed by atoms with van der Waals surface area (Å²) >= 11 is 0. The molecule has 4 saturated carbocycles. The third kappa shape index (κ3) is 3.13. The van der Waals surface area contributed by atoms with Gasteiger partial charge in [-0.2, -0.15) is 0 Å². The predicted molar refractivity (Wildman–Crippen MR) is 94.9 cm³/mol. The van der Waals surface area contributed by atoms with Gasteiger partial charge in [0.2, 0.25) is 0 Å². The van der Waals surface area contributed by atoms with Crippen molar-refractivity contribution >= 4 is 14.3 Å². The summed E-state index contributed by atoms with van der Waals surface area (Å²) in [4.78, 5) is 12.1. The van der Waals surface area contributed by atoms with Crippen LogP contribution in [0.2, 0.25) is 18.1 Å². The third-order valence-electron chi connectivity index (χ3n) is 7.54. The van der Waals surface area contributed by atoms with E-state index in [9.17, 15) is 9.90 Å². The topological polar surface area (TPSA) is 46.5 Å². The zero-order valence-electron chi connectivity index (χ0n) is 15.5. The molecule has 4 aliphatic rings. The van der Waals surface area contributed by atoms with Gasteiger partial charge in [0.25, 0.3) is 0 Å². The van der Waals surface area contributed by atoms with Crippen molar-refractivity contribution in [3.05, 3.63) is 0 Å². The van der Waals surface area contributed by atoms with Crippen LogP contribution in [0.4, 0.5) is 0 Å². The maximum Gasteiger partial charge on any atom is 0.309 e. The molecule has 4 rings (SSSR count). The van der Waals surface area contributed by atoms with Crippen LogP contribution in [0, 0.1) is 29.1 Å². The van der Waals surface area contributed by atoms with Gasteiger partial charge in [0.15, 0.2) is 8.32 Å². The normalized spacial score (nSPS) is 37.9. The van der Waals surface area contributed by atoms with Gasteiger partial charge in [0.1, 0.15) is 0 Å². The summed E-state index contributed by atoms with van der Waals surface area (Å²) in [6.45, 7) is 11.5. The summed E-state index contributed by atoms with van der Waals surface area (Å²) in [5.41, 5.74) is 0.0307. The number of rotatable bonds is 5. The van der Waals surface area contributed by atoms with Crippen molar-refractivity contribution in [2.24, 2.45) is 29.1 Å². The van der Waals surface area contributed by atoms with Crippen LogP contribution in [0.5, 0.6) is 0 Å². The highest BCUT2D eigenvalue weighted by molar-refractivity contribution is 6.74. The molecule has 0 aromatic rings. The second-order valence-corrected chi connectivity index (χ2v) is 15.1. The van der Waals surface area contributed by atoms with Crippen molar-refractivity contribution in [2.75, 3.05) is 6.61 Å². The van der Waals surface area contributed by atoms with Crippen LogP contribution >= 0.6 is 0 Å². The minimum Gasteiger partial charge on any atom is -0.481 e. The van der Waals surface area contributed by atoms with Gasteiger partial charge in [-0.1, -0.05) is 20.8 Å². The largest absolute Gasteiger partial charge is 0.481 e. The van der Waals surface area contributed by atoms with Crippen LogP contribution in [0.25, 0.3) is 0 Å². The molecule has 0 aliphatic heterocycles. The first-order chi connectivity index (χ1) is 10.5. The Kier molecular flexibility index (Phi) is 4.24. The van der Waals surface area contributed by atoms with E-state index >= 15 is 0 Å². The molecule has 4 aliphatic carbocycles. The van der Waals surface area contributed by atoms with E-state index in [0.717, 1.165) is 37.0 Å². The predicted octanol–water partition coefficient (Wildman–Crippen LogP) is 4.93. The number of hydrogen-bond donors (Lipinski definition) is 1. The first kappa shape index (κ1) is 17.5. The Hall–Kier alpha value is -0.353. The fraction of sp³-hybridized carbons (Fsp3) is 0.947. The molecule has 132 valence electrons. The number of hydrogen-bond acceptors (Lipinski definition) is 2. The van der Waals surface area contributed by atoms with Crippen molar-refractivity contribution in [3.63, 3.8) is 0 Å². The van der Waals surface area contributed by atoms with E-state index in [1.807, 2.05) is 0 Å². The fourth-order valence-corrected chi connectivity index (χ4v) is 6.64. The van der Waals surface area contributed by atoms with Gasteiger partial charge in [-0.15, -0.1) is 0 Å². The lowest BCUT2D eigenvalue weighted by Crippen LogP contribution is -2.53. The van der Waals surface area contributed by atoms with Crippen LogP contribution in [-0.4, -0.2) is 26.0 Å². The lowest BCUT2D eigenvalue weighted by atomic mass is 9.46. The summed E-state index contributed by atoms with van der Waals surface area (Å²) in [5.74, 6) is 1.44. The highest BCUT2D eigenvalue weighted by Gasteiger charge is 2.56. The van der Waals surface area contributed by atoms with Gasteiger partial charge in [-0.25, -0.2) is 0 Å². The molecule has 3 nitrogen and oxygen atoms in total. The maximum absolute atomic E-state index is 12.1. The Bertz CT molecular complexity index is 442. The van der Waals surface area contributed by atoms with E-state index in [-0.39, 0.29) is 16.4 Å². The minimum absolute atomic E-state index is 0.0307. The Labute approximate surface area is 142 Å². The Balaban J connectivity index is 1.76. The molecular formula is C19H34O3Si. The maximum atomic E-state index is 12.1. The number of carboxylic acids is 1. The molecule has 0 aromatic carbocycles. The molecule has 0 amide bonds. The smallest absolute Gasteiger partial charge is 0.309 e. The van der Waals surface area contributed by atoms with E-state index in [2.05, 4.69) is 33.9 Å². The highest BCUT2D eigenvalue weighted by Crippen LogP contribution is 2.63. The highest BCUT2D eigenvalue weighted by atomic mass is 28.4. The third-order valence-corrected chi connectivity index (χ3v) is 12.0. The molecule has 1 N–H and O–H groups in total. The van der Waals surface area contributed by atoms with Gasteiger partial charge < -0.3 is 9.53 Å². The Morgan fingerprint density at radius 3 is 1.91 bits per heavy atom. The molecule has 1 unspecified atom stereocenters. The Morgan fingerprint density at radius 2 is 1.57 bits per heavy atom. The van der Waals surface area contributed by atoms with Crippen molar-refractivity contribution in [3.8, 4) is 0 Å².